The lowest BCUT2D eigenvalue weighted by Gasteiger charge is -2.34. The van der Waals surface area contributed by atoms with Crippen molar-refractivity contribution >= 4 is 12.0 Å². The Morgan fingerprint density at radius 1 is 0.857 bits per heavy atom. The molecule has 1 heterocycles. The Hall–Kier alpha value is -3.64. The molecule has 0 aliphatic carbocycles. The van der Waals surface area contributed by atoms with Gasteiger partial charge >= 0.3 is 6.09 Å². The number of likely N-dealkylation sites (tertiary alicyclic amines) is 1. The van der Waals surface area contributed by atoms with Gasteiger partial charge in [0.2, 0.25) is 5.91 Å². The lowest BCUT2D eigenvalue weighted by molar-refractivity contribution is -0.134. The second kappa shape index (κ2) is 12.2. The molecule has 0 bridgehead atoms. The highest BCUT2D eigenvalue weighted by molar-refractivity contribution is 5.87. The zero-order valence-electron chi connectivity index (χ0n) is 20.2. The van der Waals surface area contributed by atoms with Crippen molar-refractivity contribution in [3.63, 3.8) is 0 Å². The summed E-state index contributed by atoms with van der Waals surface area (Å²) in [6, 6.07) is 27.9. The van der Waals surface area contributed by atoms with Crippen LogP contribution in [0.5, 0.6) is 0 Å². The van der Waals surface area contributed by atoms with E-state index in [4.69, 9.17) is 4.74 Å². The summed E-state index contributed by atoms with van der Waals surface area (Å²) in [5.74, 6) is -0.180. The molecule has 4 rings (SSSR count). The van der Waals surface area contributed by atoms with Crippen molar-refractivity contribution < 1.29 is 14.3 Å². The molecule has 0 spiro atoms. The molecule has 3 aromatic rings. The molecule has 182 valence electrons. The first-order valence-electron chi connectivity index (χ1n) is 12.2. The summed E-state index contributed by atoms with van der Waals surface area (Å²) < 4.78 is 5.43. The third-order valence-corrected chi connectivity index (χ3v) is 6.48. The van der Waals surface area contributed by atoms with E-state index < -0.39 is 12.1 Å². The van der Waals surface area contributed by atoms with E-state index in [1.165, 1.54) is 12.8 Å². The van der Waals surface area contributed by atoms with Crippen molar-refractivity contribution in [3.8, 4) is 0 Å². The van der Waals surface area contributed by atoms with Gasteiger partial charge in [0.25, 0.3) is 0 Å². The number of nitrogens with zero attached hydrogens (tertiary/aromatic N) is 2. The van der Waals surface area contributed by atoms with E-state index in [9.17, 15) is 9.59 Å². The second-order valence-corrected chi connectivity index (χ2v) is 8.93. The number of carbonyl (C=O) groups excluding carboxylic acids is 2. The average Bonchev–Trinajstić information content (AvgIpc) is 3.43. The summed E-state index contributed by atoms with van der Waals surface area (Å²) in [4.78, 5) is 30.8. The number of hydrogen-bond donors (Lipinski definition) is 1. The van der Waals surface area contributed by atoms with Gasteiger partial charge in [0.05, 0.1) is 6.04 Å². The van der Waals surface area contributed by atoms with Crippen LogP contribution in [0.1, 0.15) is 41.6 Å². The Balaban J connectivity index is 1.53. The number of ether oxygens (including phenoxy) is 1. The minimum atomic E-state index is -0.853. The molecule has 1 aliphatic heterocycles. The average molecular weight is 472 g/mol. The molecule has 1 fully saturated rings. The van der Waals surface area contributed by atoms with E-state index in [-0.39, 0.29) is 18.6 Å². The summed E-state index contributed by atoms with van der Waals surface area (Å²) in [5, 5.41) is 2.82. The molecular weight excluding hydrogens is 438 g/mol. The molecule has 2 atom stereocenters. The molecule has 6 nitrogen and oxygen atoms in total. The van der Waals surface area contributed by atoms with Gasteiger partial charge < -0.3 is 19.9 Å². The summed E-state index contributed by atoms with van der Waals surface area (Å²) in [5.41, 5.74) is 2.68. The third kappa shape index (κ3) is 6.70. The monoisotopic (exact) mass is 471 g/mol. The Morgan fingerprint density at radius 3 is 2.00 bits per heavy atom. The van der Waals surface area contributed by atoms with Crippen LogP contribution in [0.2, 0.25) is 0 Å². The van der Waals surface area contributed by atoms with Gasteiger partial charge in [-0.1, -0.05) is 91.0 Å². The fourth-order valence-electron chi connectivity index (χ4n) is 4.51. The minimum absolute atomic E-state index is 0.129. The molecule has 0 unspecified atom stereocenters. The highest BCUT2D eigenvalue weighted by atomic mass is 16.5. The smallest absolute Gasteiger partial charge is 0.408 e. The number of rotatable bonds is 9. The normalized spacial score (nSPS) is 15.2. The van der Waals surface area contributed by atoms with Crippen LogP contribution in [0.3, 0.4) is 0 Å². The van der Waals surface area contributed by atoms with Crippen molar-refractivity contribution in [1.29, 1.82) is 0 Å². The van der Waals surface area contributed by atoms with Gasteiger partial charge in [-0.3, -0.25) is 4.79 Å². The van der Waals surface area contributed by atoms with Crippen molar-refractivity contribution in [1.82, 2.24) is 15.1 Å². The topological polar surface area (TPSA) is 61.9 Å². The van der Waals surface area contributed by atoms with E-state index in [1.54, 1.807) is 4.90 Å². The first-order chi connectivity index (χ1) is 17.1. The standard InChI is InChI=1S/C29H33N3O3/c1-31(26(21-32-19-11-12-20-32)24-15-7-3-8-16-24)28(33)27(25-17-9-4-10-18-25)30-29(34)35-22-23-13-5-2-6-14-23/h2-10,13-18,26-27H,11-12,19-22H2,1H3,(H,30,34)/t26-,27-/m1/s1. The first-order valence-corrected chi connectivity index (χ1v) is 12.2. The Kier molecular flexibility index (Phi) is 8.52. The summed E-state index contributed by atoms with van der Waals surface area (Å²) in [6.07, 6.45) is 1.74. The van der Waals surface area contributed by atoms with Crippen LogP contribution in [0.15, 0.2) is 91.0 Å². The Bertz CT molecular complexity index is 1070. The Morgan fingerprint density at radius 2 is 1.40 bits per heavy atom. The molecule has 1 saturated heterocycles. The first kappa shape index (κ1) is 24.5. The van der Waals surface area contributed by atoms with Crippen molar-refractivity contribution in [2.45, 2.75) is 31.5 Å². The number of amides is 2. The number of nitrogens with one attached hydrogen (secondary N) is 1. The summed E-state index contributed by atoms with van der Waals surface area (Å²) in [7, 11) is 1.82. The van der Waals surface area contributed by atoms with Gasteiger partial charge in [-0.05, 0) is 42.6 Å². The van der Waals surface area contributed by atoms with E-state index in [0.29, 0.717) is 5.56 Å². The van der Waals surface area contributed by atoms with Crippen molar-refractivity contribution in [2.24, 2.45) is 0 Å². The van der Waals surface area contributed by atoms with Crippen LogP contribution in [0, 0.1) is 0 Å². The van der Waals surface area contributed by atoms with Gasteiger partial charge in [0.15, 0.2) is 0 Å². The highest BCUT2D eigenvalue weighted by Gasteiger charge is 2.32. The van der Waals surface area contributed by atoms with E-state index in [0.717, 1.165) is 30.8 Å². The van der Waals surface area contributed by atoms with Gasteiger partial charge in [0, 0.05) is 13.6 Å². The number of hydrogen-bond acceptors (Lipinski definition) is 4. The number of alkyl carbamates (subject to hydrolysis) is 1. The third-order valence-electron chi connectivity index (χ3n) is 6.48. The number of likely N-dealkylation sites (N-methyl/N-ethyl adjacent to an activating group) is 1. The molecule has 3 aromatic carbocycles. The Labute approximate surface area is 207 Å². The quantitative estimate of drug-likeness (QED) is 0.480. The summed E-state index contributed by atoms with van der Waals surface area (Å²) in [6.45, 7) is 2.97. The molecule has 1 N–H and O–H groups in total. The molecule has 0 saturated carbocycles. The predicted molar refractivity (Wildman–Crippen MR) is 137 cm³/mol. The molecule has 0 radical (unpaired) electrons. The second-order valence-electron chi connectivity index (χ2n) is 8.93. The van der Waals surface area contributed by atoms with E-state index in [2.05, 4.69) is 22.3 Å². The highest BCUT2D eigenvalue weighted by Crippen LogP contribution is 2.26. The van der Waals surface area contributed by atoms with Gasteiger partial charge in [0.1, 0.15) is 12.6 Å². The van der Waals surface area contributed by atoms with Gasteiger partial charge in [-0.2, -0.15) is 0 Å². The van der Waals surface area contributed by atoms with Crippen molar-refractivity contribution in [2.75, 3.05) is 26.7 Å². The van der Waals surface area contributed by atoms with E-state index >= 15 is 0 Å². The largest absolute Gasteiger partial charge is 0.445 e. The van der Waals surface area contributed by atoms with Crippen LogP contribution in [0.25, 0.3) is 0 Å². The lowest BCUT2D eigenvalue weighted by atomic mass is 10.0. The van der Waals surface area contributed by atoms with Crippen LogP contribution in [0.4, 0.5) is 4.79 Å². The number of benzene rings is 3. The fourth-order valence-corrected chi connectivity index (χ4v) is 4.51. The molecular formula is C29H33N3O3. The summed E-state index contributed by atoms with van der Waals surface area (Å²) >= 11 is 0. The maximum atomic E-state index is 13.9. The van der Waals surface area contributed by atoms with Crippen LogP contribution >= 0.6 is 0 Å². The molecule has 1 aliphatic rings. The minimum Gasteiger partial charge on any atom is -0.445 e. The lowest BCUT2D eigenvalue weighted by Crippen LogP contribution is -2.45. The zero-order chi connectivity index (χ0) is 24.5. The maximum absolute atomic E-state index is 13.9. The molecule has 0 aromatic heterocycles. The van der Waals surface area contributed by atoms with Crippen molar-refractivity contribution in [3.05, 3.63) is 108 Å². The molecule has 2 amide bonds. The number of carbonyl (C=O) groups is 2. The predicted octanol–water partition coefficient (Wildman–Crippen LogP) is 4.95. The molecule has 35 heavy (non-hydrogen) atoms. The van der Waals surface area contributed by atoms with Crippen LogP contribution in [-0.2, 0) is 16.1 Å². The SMILES string of the molecule is CN(C(=O)[C@H](NC(=O)OCc1ccccc1)c1ccccc1)[C@H](CN1CCCC1)c1ccccc1. The maximum Gasteiger partial charge on any atom is 0.408 e. The van der Waals surface area contributed by atoms with Crippen LogP contribution < -0.4 is 5.32 Å². The van der Waals surface area contributed by atoms with Crippen LogP contribution in [-0.4, -0.2) is 48.5 Å². The molecule has 6 heteroatoms. The van der Waals surface area contributed by atoms with Gasteiger partial charge in [-0.15, -0.1) is 0 Å². The van der Waals surface area contributed by atoms with E-state index in [1.807, 2.05) is 85.9 Å². The fraction of sp³-hybridized carbons (Fsp3) is 0.310. The zero-order valence-corrected chi connectivity index (χ0v) is 20.2. The van der Waals surface area contributed by atoms with Gasteiger partial charge in [-0.25, -0.2) is 4.79 Å².